The van der Waals surface area contributed by atoms with E-state index in [0.717, 1.165) is 22.4 Å². The second kappa shape index (κ2) is 6.33. The van der Waals surface area contributed by atoms with Gasteiger partial charge >= 0.3 is 0 Å². The average molecular weight is 381 g/mol. The summed E-state index contributed by atoms with van der Waals surface area (Å²) in [6.45, 7) is 5.19. The number of benzene rings is 1. The predicted octanol–water partition coefficient (Wildman–Crippen LogP) is 5.03. The molecule has 0 unspecified atom stereocenters. The van der Waals surface area contributed by atoms with Crippen LogP contribution in [0, 0.1) is 12.7 Å². The molecule has 0 atom stereocenters. The largest absolute Gasteiger partial charge is 0.377 e. The molecule has 0 amide bonds. The summed E-state index contributed by atoms with van der Waals surface area (Å²) in [5.74, 6) is -0.457. The van der Waals surface area contributed by atoms with Crippen LogP contribution in [0.4, 0.5) is 10.1 Å². The van der Waals surface area contributed by atoms with E-state index in [1.165, 1.54) is 12.1 Å². The van der Waals surface area contributed by atoms with Crippen LogP contribution in [0.5, 0.6) is 0 Å². The van der Waals surface area contributed by atoms with Gasteiger partial charge < -0.3 is 5.32 Å². The highest BCUT2D eigenvalue weighted by atomic mass is 79.9. The van der Waals surface area contributed by atoms with Crippen molar-refractivity contribution in [1.29, 1.82) is 0 Å². The molecule has 1 N–H and O–H groups in total. The van der Waals surface area contributed by atoms with Gasteiger partial charge in [0.25, 0.3) is 0 Å². The van der Waals surface area contributed by atoms with Crippen LogP contribution in [0.15, 0.2) is 16.6 Å². The lowest BCUT2D eigenvalue weighted by molar-refractivity contribution is 0.621. The fraction of sp³-hybridized carbons (Fsp3) is 0.308. The molecule has 1 aromatic carbocycles. The molecule has 3 nitrogen and oxygen atoms in total. The highest BCUT2D eigenvalue weighted by molar-refractivity contribution is 9.10. The molecule has 0 bridgehead atoms. The van der Waals surface area contributed by atoms with E-state index in [1.54, 1.807) is 0 Å². The Kier molecular flexibility index (Phi) is 4.94. The van der Waals surface area contributed by atoms with Gasteiger partial charge in [0.2, 0.25) is 0 Å². The summed E-state index contributed by atoms with van der Waals surface area (Å²) in [6, 6.07) is 2.46. The van der Waals surface area contributed by atoms with Crippen molar-refractivity contribution in [1.82, 2.24) is 9.78 Å². The molecule has 0 aliphatic heterocycles. The minimum Gasteiger partial charge on any atom is -0.377 e. The summed E-state index contributed by atoms with van der Waals surface area (Å²) in [5.41, 5.74) is 2.42. The second-order valence-electron chi connectivity index (χ2n) is 4.26. The molecule has 20 heavy (non-hydrogen) atoms. The van der Waals surface area contributed by atoms with Crippen molar-refractivity contribution in [3.63, 3.8) is 0 Å². The highest BCUT2D eigenvalue weighted by Gasteiger charge is 2.14. The zero-order chi connectivity index (χ0) is 14.9. The number of nitrogens with zero attached hydrogens (tertiary/aromatic N) is 2. The number of hydrogen-bond donors (Lipinski definition) is 1. The van der Waals surface area contributed by atoms with Crippen molar-refractivity contribution < 1.29 is 4.39 Å². The molecule has 0 saturated heterocycles. The van der Waals surface area contributed by atoms with Gasteiger partial charge in [-0.25, -0.2) is 4.39 Å². The molecule has 1 heterocycles. The van der Waals surface area contributed by atoms with Crippen LogP contribution in [0.2, 0.25) is 10.0 Å². The van der Waals surface area contributed by atoms with Crippen LogP contribution in [-0.2, 0) is 13.1 Å². The summed E-state index contributed by atoms with van der Waals surface area (Å²) in [4.78, 5) is 0. The van der Waals surface area contributed by atoms with Gasteiger partial charge in [0.1, 0.15) is 5.82 Å². The smallest absolute Gasteiger partial charge is 0.126 e. The maximum Gasteiger partial charge on any atom is 0.126 e. The Morgan fingerprint density at radius 1 is 1.35 bits per heavy atom. The fourth-order valence-electron chi connectivity index (χ4n) is 1.92. The van der Waals surface area contributed by atoms with Gasteiger partial charge in [-0.05, 0) is 41.9 Å². The van der Waals surface area contributed by atoms with E-state index in [0.29, 0.717) is 12.2 Å². The third-order valence-corrected chi connectivity index (χ3v) is 4.52. The number of aryl methyl sites for hydroxylation is 2. The molecule has 2 aromatic rings. The topological polar surface area (TPSA) is 29.9 Å². The Morgan fingerprint density at radius 3 is 2.50 bits per heavy atom. The van der Waals surface area contributed by atoms with Gasteiger partial charge in [0.05, 0.1) is 38.1 Å². The molecular formula is C13H13BrCl2FN3. The zero-order valence-corrected chi connectivity index (χ0v) is 14.1. The van der Waals surface area contributed by atoms with Crippen LogP contribution in [0.25, 0.3) is 0 Å². The SMILES string of the molecule is CCn1nc(C)c(Br)c1CNc1c(Cl)cc(F)cc1Cl. The van der Waals surface area contributed by atoms with Crippen LogP contribution in [0.1, 0.15) is 18.3 Å². The summed E-state index contributed by atoms with van der Waals surface area (Å²) in [7, 11) is 0. The van der Waals surface area contributed by atoms with Crippen LogP contribution >= 0.6 is 39.1 Å². The first-order valence-electron chi connectivity index (χ1n) is 6.04. The maximum atomic E-state index is 13.1. The standard InChI is InChI=1S/C13H13BrCl2FN3/c1-3-20-11(12(14)7(2)19-20)6-18-13-9(15)4-8(17)5-10(13)16/h4-5,18H,3,6H2,1-2H3. The number of halogens is 4. The summed E-state index contributed by atoms with van der Waals surface area (Å²) >= 11 is 15.5. The van der Waals surface area contributed by atoms with Gasteiger partial charge in [0.15, 0.2) is 0 Å². The van der Waals surface area contributed by atoms with Crippen LogP contribution in [0.3, 0.4) is 0 Å². The Morgan fingerprint density at radius 2 is 1.95 bits per heavy atom. The van der Waals surface area contributed by atoms with Crippen LogP contribution in [-0.4, -0.2) is 9.78 Å². The van der Waals surface area contributed by atoms with E-state index < -0.39 is 5.82 Å². The normalized spacial score (nSPS) is 10.9. The lowest BCUT2D eigenvalue weighted by atomic mass is 10.3. The van der Waals surface area contributed by atoms with Crippen LogP contribution < -0.4 is 5.32 Å². The van der Waals surface area contributed by atoms with Crippen molar-refractivity contribution in [2.24, 2.45) is 0 Å². The predicted molar refractivity (Wildman–Crippen MR) is 84.1 cm³/mol. The molecule has 1 aromatic heterocycles. The number of hydrogen-bond acceptors (Lipinski definition) is 2. The first-order valence-corrected chi connectivity index (χ1v) is 7.59. The van der Waals surface area contributed by atoms with E-state index >= 15 is 0 Å². The van der Waals surface area contributed by atoms with Gasteiger partial charge in [-0.2, -0.15) is 5.10 Å². The van der Waals surface area contributed by atoms with Gasteiger partial charge in [-0.15, -0.1) is 0 Å². The van der Waals surface area contributed by atoms with E-state index in [4.69, 9.17) is 23.2 Å². The average Bonchev–Trinajstić information content (AvgIpc) is 2.64. The molecule has 0 saturated carbocycles. The molecule has 0 spiro atoms. The van der Waals surface area contributed by atoms with Crippen molar-refractivity contribution in [3.8, 4) is 0 Å². The molecule has 2 rings (SSSR count). The van der Waals surface area contributed by atoms with E-state index in [2.05, 4.69) is 26.3 Å². The highest BCUT2D eigenvalue weighted by Crippen LogP contribution is 2.32. The van der Waals surface area contributed by atoms with Crippen molar-refractivity contribution in [2.75, 3.05) is 5.32 Å². The third-order valence-electron chi connectivity index (χ3n) is 2.89. The molecule has 7 heteroatoms. The maximum absolute atomic E-state index is 13.1. The third kappa shape index (κ3) is 3.10. The number of aromatic nitrogens is 2. The first kappa shape index (κ1) is 15.6. The lowest BCUT2D eigenvalue weighted by Crippen LogP contribution is -2.09. The minimum atomic E-state index is -0.457. The summed E-state index contributed by atoms with van der Waals surface area (Å²) in [6.07, 6.45) is 0. The monoisotopic (exact) mass is 379 g/mol. The van der Waals surface area contributed by atoms with E-state index in [1.807, 2.05) is 18.5 Å². The van der Waals surface area contributed by atoms with Crippen molar-refractivity contribution in [3.05, 3.63) is 43.9 Å². The number of rotatable bonds is 4. The van der Waals surface area contributed by atoms with E-state index in [-0.39, 0.29) is 10.0 Å². The van der Waals surface area contributed by atoms with Crippen molar-refractivity contribution >= 4 is 44.8 Å². The Balaban J connectivity index is 2.26. The van der Waals surface area contributed by atoms with Crippen molar-refractivity contribution in [2.45, 2.75) is 26.9 Å². The Hall–Kier alpha value is -0.780. The molecule has 0 aliphatic rings. The van der Waals surface area contributed by atoms with Gasteiger partial charge in [-0.3, -0.25) is 4.68 Å². The first-order chi connectivity index (χ1) is 9.43. The molecule has 0 radical (unpaired) electrons. The molecular weight excluding hydrogens is 368 g/mol. The molecule has 0 fully saturated rings. The summed E-state index contributed by atoms with van der Waals surface area (Å²) < 4.78 is 16.0. The van der Waals surface area contributed by atoms with Gasteiger partial charge in [-0.1, -0.05) is 23.2 Å². The fourth-order valence-corrected chi connectivity index (χ4v) is 2.94. The number of anilines is 1. The molecule has 108 valence electrons. The quantitative estimate of drug-likeness (QED) is 0.805. The molecule has 0 aliphatic carbocycles. The Labute approximate surface area is 135 Å². The number of nitrogens with one attached hydrogen (secondary N) is 1. The van der Waals surface area contributed by atoms with E-state index in [9.17, 15) is 4.39 Å². The minimum absolute atomic E-state index is 0.255. The second-order valence-corrected chi connectivity index (χ2v) is 5.87. The Bertz CT molecular complexity index is 620. The lowest BCUT2D eigenvalue weighted by Gasteiger charge is -2.12. The summed E-state index contributed by atoms with van der Waals surface area (Å²) in [5, 5.41) is 8.05. The van der Waals surface area contributed by atoms with Gasteiger partial charge in [0, 0.05) is 6.54 Å². The zero-order valence-electron chi connectivity index (χ0n) is 11.0.